The van der Waals surface area contributed by atoms with E-state index in [-0.39, 0.29) is 0 Å². The molecule has 3 aromatic rings. The number of carbonyl (C=O) groups is 1. The largest absolute Gasteiger partial charge is 0.481 e. The Bertz CT molecular complexity index is 769. The first-order valence-electron chi connectivity index (χ1n) is 7.44. The molecule has 1 atom stereocenters. The summed E-state index contributed by atoms with van der Waals surface area (Å²) in [4.78, 5) is 11.5. The van der Waals surface area contributed by atoms with E-state index in [0.717, 1.165) is 16.8 Å². The van der Waals surface area contributed by atoms with Crippen LogP contribution < -0.4 is 0 Å². The van der Waals surface area contributed by atoms with E-state index in [2.05, 4.69) is 10.3 Å². The van der Waals surface area contributed by atoms with Crippen molar-refractivity contribution in [3.63, 3.8) is 0 Å². The molecule has 3 rings (SSSR count). The van der Waals surface area contributed by atoms with Crippen LogP contribution >= 0.6 is 0 Å². The van der Waals surface area contributed by atoms with E-state index in [1.54, 1.807) is 10.9 Å². The summed E-state index contributed by atoms with van der Waals surface area (Å²) in [6, 6.07) is 19.3. The van der Waals surface area contributed by atoms with Crippen LogP contribution in [0.1, 0.15) is 5.56 Å². The minimum atomic E-state index is -0.828. The van der Waals surface area contributed by atoms with Crippen LogP contribution in [0.25, 0.3) is 11.3 Å². The van der Waals surface area contributed by atoms with Crippen LogP contribution in [-0.4, -0.2) is 26.1 Å². The molecule has 0 fully saturated rings. The Morgan fingerprint density at radius 2 is 1.70 bits per heavy atom. The Balaban J connectivity index is 1.74. The Kier molecular flexibility index (Phi) is 4.47. The molecule has 0 aliphatic heterocycles. The second-order valence-electron chi connectivity index (χ2n) is 5.42. The lowest BCUT2D eigenvalue weighted by molar-refractivity contribution is -0.142. The van der Waals surface area contributed by atoms with Crippen LogP contribution in [0, 0.1) is 5.92 Å². The van der Waals surface area contributed by atoms with Crippen molar-refractivity contribution in [1.82, 2.24) is 15.0 Å². The van der Waals surface area contributed by atoms with Gasteiger partial charge in [0.1, 0.15) is 5.69 Å². The summed E-state index contributed by atoms with van der Waals surface area (Å²) in [6.45, 7) is 0.296. The van der Waals surface area contributed by atoms with Gasteiger partial charge in [-0.3, -0.25) is 9.48 Å². The third kappa shape index (κ3) is 3.83. The standard InChI is InChI=1S/C18H17N3O2/c22-18(23)16(11-14-7-3-1-4-8-14)12-21-13-17(19-20-21)15-9-5-2-6-10-15/h1-10,13,16H,11-12H2,(H,22,23)/t16-/m1/s1. The van der Waals surface area contributed by atoms with Crippen molar-refractivity contribution < 1.29 is 9.90 Å². The molecule has 5 nitrogen and oxygen atoms in total. The summed E-state index contributed by atoms with van der Waals surface area (Å²) < 4.78 is 1.60. The fourth-order valence-electron chi connectivity index (χ4n) is 2.48. The van der Waals surface area contributed by atoms with Gasteiger partial charge in [0.15, 0.2) is 0 Å². The zero-order chi connectivity index (χ0) is 16.1. The highest BCUT2D eigenvalue weighted by molar-refractivity contribution is 5.70. The number of carboxylic acids is 1. The molecule has 0 saturated carbocycles. The third-order valence-corrected chi connectivity index (χ3v) is 3.69. The van der Waals surface area contributed by atoms with Crippen LogP contribution in [0.5, 0.6) is 0 Å². The first kappa shape index (κ1) is 15.0. The lowest BCUT2D eigenvalue weighted by Gasteiger charge is -2.11. The normalized spacial score (nSPS) is 12.0. The van der Waals surface area contributed by atoms with Gasteiger partial charge in [0.25, 0.3) is 0 Å². The molecule has 0 amide bonds. The highest BCUT2D eigenvalue weighted by Crippen LogP contribution is 2.16. The summed E-state index contributed by atoms with van der Waals surface area (Å²) in [5.74, 6) is -1.37. The van der Waals surface area contributed by atoms with Gasteiger partial charge in [0, 0.05) is 5.56 Å². The summed E-state index contributed by atoms with van der Waals surface area (Å²) in [7, 11) is 0. The lowest BCUT2D eigenvalue weighted by Crippen LogP contribution is -2.22. The van der Waals surface area contributed by atoms with Gasteiger partial charge in [-0.1, -0.05) is 65.9 Å². The van der Waals surface area contributed by atoms with E-state index in [9.17, 15) is 9.90 Å². The molecule has 116 valence electrons. The second kappa shape index (κ2) is 6.87. The minimum Gasteiger partial charge on any atom is -0.481 e. The van der Waals surface area contributed by atoms with Gasteiger partial charge in [-0.2, -0.15) is 0 Å². The number of hydrogen-bond acceptors (Lipinski definition) is 3. The van der Waals surface area contributed by atoms with Crippen molar-refractivity contribution in [2.45, 2.75) is 13.0 Å². The van der Waals surface area contributed by atoms with Gasteiger partial charge in [-0.15, -0.1) is 5.10 Å². The highest BCUT2D eigenvalue weighted by atomic mass is 16.4. The number of carboxylic acid groups (broad SMARTS) is 1. The molecule has 1 aromatic heterocycles. The average molecular weight is 307 g/mol. The predicted molar refractivity (Wildman–Crippen MR) is 86.7 cm³/mol. The zero-order valence-corrected chi connectivity index (χ0v) is 12.5. The second-order valence-corrected chi connectivity index (χ2v) is 5.42. The molecule has 0 saturated heterocycles. The van der Waals surface area contributed by atoms with Crippen LogP contribution in [0.3, 0.4) is 0 Å². The molecule has 0 bridgehead atoms. The molecule has 5 heteroatoms. The van der Waals surface area contributed by atoms with E-state index in [0.29, 0.717) is 13.0 Å². The van der Waals surface area contributed by atoms with Crippen molar-refractivity contribution >= 4 is 5.97 Å². The van der Waals surface area contributed by atoms with E-state index < -0.39 is 11.9 Å². The van der Waals surface area contributed by atoms with Crippen molar-refractivity contribution in [2.24, 2.45) is 5.92 Å². The molecular weight excluding hydrogens is 290 g/mol. The fourth-order valence-corrected chi connectivity index (χ4v) is 2.48. The summed E-state index contributed by atoms with van der Waals surface area (Å²) in [6.07, 6.45) is 2.26. The van der Waals surface area contributed by atoms with Gasteiger partial charge in [0.2, 0.25) is 0 Å². The maximum absolute atomic E-state index is 11.5. The smallest absolute Gasteiger partial charge is 0.308 e. The minimum absolute atomic E-state index is 0.296. The summed E-state index contributed by atoms with van der Waals surface area (Å²) >= 11 is 0. The van der Waals surface area contributed by atoms with Crippen LogP contribution in [-0.2, 0) is 17.8 Å². The molecular formula is C18H17N3O2. The van der Waals surface area contributed by atoms with Gasteiger partial charge < -0.3 is 5.11 Å². The Morgan fingerprint density at radius 3 is 2.35 bits per heavy atom. The molecule has 2 aromatic carbocycles. The molecule has 0 radical (unpaired) electrons. The van der Waals surface area contributed by atoms with E-state index in [1.165, 1.54) is 0 Å². The number of aliphatic carboxylic acids is 1. The molecule has 1 N–H and O–H groups in total. The van der Waals surface area contributed by atoms with Gasteiger partial charge in [-0.25, -0.2) is 0 Å². The zero-order valence-electron chi connectivity index (χ0n) is 12.5. The number of nitrogens with zero attached hydrogens (tertiary/aromatic N) is 3. The summed E-state index contributed by atoms with van der Waals surface area (Å²) in [5.41, 5.74) is 2.71. The monoisotopic (exact) mass is 307 g/mol. The Labute approximate surface area is 134 Å². The van der Waals surface area contributed by atoms with Gasteiger partial charge >= 0.3 is 5.97 Å². The van der Waals surface area contributed by atoms with Crippen LogP contribution in [0.4, 0.5) is 0 Å². The van der Waals surface area contributed by atoms with E-state index in [4.69, 9.17) is 0 Å². The first-order valence-corrected chi connectivity index (χ1v) is 7.44. The van der Waals surface area contributed by atoms with Crippen LogP contribution in [0.15, 0.2) is 66.9 Å². The fraction of sp³-hybridized carbons (Fsp3) is 0.167. The maximum atomic E-state index is 11.5. The third-order valence-electron chi connectivity index (χ3n) is 3.69. The van der Waals surface area contributed by atoms with E-state index in [1.807, 2.05) is 60.7 Å². The van der Waals surface area contributed by atoms with E-state index >= 15 is 0 Å². The van der Waals surface area contributed by atoms with Crippen molar-refractivity contribution in [3.8, 4) is 11.3 Å². The predicted octanol–water partition coefficient (Wildman–Crippen LogP) is 2.89. The first-order chi connectivity index (χ1) is 11.2. The number of hydrogen-bond donors (Lipinski definition) is 1. The van der Waals surface area contributed by atoms with Crippen molar-refractivity contribution in [3.05, 3.63) is 72.4 Å². The topological polar surface area (TPSA) is 68.0 Å². The molecule has 23 heavy (non-hydrogen) atoms. The molecule has 0 aliphatic rings. The molecule has 0 unspecified atom stereocenters. The highest BCUT2D eigenvalue weighted by Gasteiger charge is 2.19. The molecule has 0 aliphatic carbocycles. The molecule has 0 spiro atoms. The maximum Gasteiger partial charge on any atom is 0.308 e. The number of rotatable bonds is 6. The average Bonchev–Trinajstić information content (AvgIpc) is 3.04. The SMILES string of the molecule is O=C(O)[C@H](Cc1ccccc1)Cn1cc(-c2ccccc2)nn1. The summed E-state index contributed by atoms with van der Waals surface area (Å²) in [5, 5.41) is 17.6. The quantitative estimate of drug-likeness (QED) is 0.760. The lowest BCUT2D eigenvalue weighted by atomic mass is 9.99. The number of aromatic nitrogens is 3. The van der Waals surface area contributed by atoms with Gasteiger partial charge in [-0.05, 0) is 12.0 Å². The van der Waals surface area contributed by atoms with Crippen molar-refractivity contribution in [1.29, 1.82) is 0 Å². The Hall–Kier alpha value is -2.95. The van der Waals surface area contributed by atoms with Crippen molar-refractivity contribution in [2.75, 3.05) is 0 Å². The number of benzene rings is 2. The van der Waals surface area contributed by atoms with Gasteiger partial charge in [0.05, 0.1) is 18.7 Å². The Morgan fingerprint density at radius 1 is 1.04 bits per heavy atom. The molecule has 1 heterocycles. The van der Waals surface area contributed by atoms with Crippen LogP contribution in [0.2, 0.25) is 0 Å².